The van der Waals surface area contributed by atoms with Crippen molar-refractivity contribution in [1.29, 1.82) is 0 Å². The van der Waals surface area contributed by atoms with Crippen molar-refractivity contribution >= 4 is 12.2 Å². The van der Waals surface area contributed by atoms with Crippen molar-refractivity contribution < 1.29 is 4.39 Å². The van der Waals surface area contributed by atoms with Crippen LogP contribution < -0.4 is 0 Å². The van der Waals surface area contributed by atoms with Gasteiger partial charge in [0.1, 0.15) is 16.3 Å². The fourth-order valence-corrected chi connectivity index (χ4v) is 1.98. The molecule has 0 bridgehead atoms. The zero-order valence-corrected chi connectivity index (χ0v) is 11.4. The lowest BCUT2D eigenvalue weighted by Crippen LogP contribution is -1.99. The van der Waals surface area contributed by atoms with Crippen molar-refractivity contribution in [2.24, 2.45) is 0 Å². The first-order valence-electron chi connectivity index (χ1n) is 5.85. The van der Waals surface area contributed by atoms with Gasteiger partial charge in [-0.3, -0.25) is 0 Å². The molecule has 2 aromatic rings. The summed E-state index contributed by atoms with van der Waals surface area (Å²) in [7, 11) is 0. The van der Waals surface area contributed by atoms with E-state index in [0.29, 0.717) is 16.4 Å². The van der Waals surface area contributed by atoms with E-state index in [1.54, 1.807) is 6.07 Å². The van der Waals surface area contributed by atoms with Crippen molar-refractivity contribution in [2.75, 3.05) is 0 Å². The predicted molar refractivity (Wildman–Crippen MR) is 73.6 cm³/mol. The molecular weight excluding hydrogens is 247 g/mol. The van der Waals surface area contributed by atoms with Crippen molar-refractivity contribution in [3.05, 3.63) is 46.0 Å². The summed E-state index contributed by atoms with van der Waals surface area (Å²) in [5.74, 6) is 0.678. The van der Waals surface area contributed by atoms with Crippen LogP contribution >= 0.6 is 12.2 Å². The Morgan fingerprint density at radius 2 is 2.00 bits per heavy atom. The molecule has 0 amide bonds. The average molecular weight is 262 g/mol. The van der Waals surface area contributed by atoms with E-state index in [2.05, 4.69) is 23.8 Å². The van der Waals surface area contributed by atoms with Gasteiger partial charge in [0.2, 0.25) is 0 Å². The van der Waals surface area contributed by atoms with Gasteiger partial charge in [0.05, 0.1) is 0 Å². The highest BCUT2D eigenvalue weighted by Crippen LogP contribution is 2.22. The van der Waals surface area contributed by atoms with Crippen LogP contribution in [0.4, 0.5) is 4.39 Å². The lowest BCUT2D eigenvalue weighted by atomic mass is 10.1. The molecule has 0 saturated heterocycles. The van der Waals surface area contributed by atoms with E-state index in [0.717, 1.165) is 16.8 Å². The minimum atomic E-state index is -0.272. The molecule has 1 aromatic carbocycles. The van der Waals surface area contributed by atoms with Gasteiger partial charge in [-0.15, -0.1) is 0 Å². The molecule has 0 spiro atoms. The number of hydrogen-bond acceptors (Lipinski definition) is 2. The summed E-state index contributed by atoms with van der Waals surface area (Å²) >= 11 is 5.16. The third-order valence-electron chi connectivity index (χ3n) is 2.84. The normalized spacial score (nSPS) is 10.9. The number of hydrogen-bond donors (Lipinski definition) is 1. The molecule has 0 fully saturated rings. The lowest BCUT2D eigenvalue weighted by molar-refractivity contribution is 0.627. The van der Waals surface area contributed by atoms with Crippen molar-refractivity contribution in [2.45, 2.75) is 26.7 Å². The van der Waals surface area contributed by atoms with Crippen LogP contribution in [-0.2, 0) is 0 Å². The molecule has 1 aromatic heterocycles. The van der Waals surface area contributed by atoms with E-state index >= 15 is 0 Å². The van der Waals surface area contributed by atoms with Crippen molar-refractivity contribution in [3.63, 3.8) is 0 Å². The smallest absolute Gasteiger partial charge is 0.139 e. The molecule has 0 unspecified atom stereocenters. The topological polar surface area (TPSA) is 28.7 Å². The summed E-state index contributed by atoms with van der Waals surface area (Å²) < 4.78 is 13.8. The molecule has 0 aliphatic rings. The Morgan fingerprint density at radius 1 is 1.28 bits per heavy atom. The van der Waals surface area contributed by atoms with E-state index in [1.165, 1.54) is 12.1 Å². The summed E-state index contributed by atoms with van der Waals surface area (Å²) in [5, 5.41) is 0. The molecule has 18 heavy (non-hydrogen) atoms. The molecule has 0 aliphatic carbocycles. The fourth-order valence-electron chi connectivity index (χ4n) is 1.76. The molecule has 4 heteroatoms. The third kappa shape index (κ3) is 2.64. The minimum absolute atomic E-state index is 0.272. The first kappa shape index (κ1) is 12.9. The highest BCUT2D eigenvalue weighted by molar-refractivity contribution is 7.71. The van der Waals surface area contributed by atoms with Crippen LogP contribution in [0.15, 0.2) is 24.3 Å². The van der Waals surface area contributed by atoms with Gasteiger partial charge < -0.3 is 4.98 Å². The number of H-pyrrole nitrogens is 1. The number of aryl methyl sites for hydroxylation is 1. The number of halogens is 1. The number of rotatable bonds is 2. The highest BCUT2D eigenvalue weighted by atomic mass is 32.1. The summed E-state index contributed by atoms with van der Waals surface area (Å²) in [5.41, 5.74) is 2.73. The van der Waals surface area contributed by atoms with Crippen LogP contribution in [0.1, 0.15) is 31.0 Å². The van der Waals surface area contributed by atoms with Gasteiger partial charge in [0, 0.05) is 11.3 Å². The first-order valence-corrected chi connectivity index (χ1v) is 6.26. The Kier molecular flexibility index (Phi) is 3.57. The Labute approximate surface area is 111 Å². The number of aromatic nitrogens is 2. The zero-order valence-electron chi connectivity index (χ0n) is 10.6. The van der Waals surface area contributed by atoms with E-state index in [9.17, 15) is 4.39 Å². The van der Waals surface area contributed by atoms with Crippen LogP contribution in [0.2, 0.25) is 0 Å². The van der Waals surface area contributed by atoms with Gasteiger partial charge in [0.15, 0.2) is 0 Å². The maximum absolute atomic E-state index is 13.3. The molecular formula is C14H15FN2S. The van der Waals surface area contributed by atoms with Gasteiger partial charge in [-0.2, -0.15) is 0 Å². The summed E-state index contributed by atoms with van der Waals surface area (Å²) in [6, 6.07) is 6.51. The second-order valence-electron chi connectivity index (χ2n) is 4.64. The third-order valence-corrected chi connectivity index (χ3v) is 3.05. The Hall–Kier alpha value is -1.55. The monoisotopic (exact) mass is 262 g/mol. The summed E-state index contributed by atoms with van der Waals surface area (Å²) in [6.45, 7) is 6.07. The summed E-state index contributed by atoms with van der Waals surface area (Å²) in [4.78, 5) is 7.51. The van der Waals surface area contributed by atoms with Gasteiger partial charge in [0.25, 0.3) is 0 Å². The van der Waals surface area contributed by atoms with Crippen LogP contribution in [0.25, 0.3) is 11.4 Å². The maximum atomic E-state index is 13.3. The molecule has 0 radical (unpaired) electrons. The second-order valence-corrected chi connectivity index (χ2v) is 5.06. The largest absolute Gasteiger partial charge is 0.343 e. The Balaban J connectivity index is 2.63. The molecule has 2 rings (SSSR count). The van der Waals surface area contributed by atoms with E-state index < -0.39 is 0 Å². The van der Waals surface area contributed by atoms with E-state index in [-0.39, 0.29) is 5.82 Å². The molecule has 2 nitrogen and oxygen atoms in total. The maximum Gasteiger partial charge on any atom is 0.139 e. The standard InChI is InChI=1S/C14H15FN2S/c1-8(2)12-7-13(18)17-14(16-12)11-6-10(15)5-4-9(11)3/h4-8H,1-3H3,(H,16,17,18). The average Bonchev–Trinajstić information content (AvgIpc) is 2.31. The summed E-state index contributed by atoms with van der Waals surface area (Å²) in [6.07, 6.45) is 0. The van der Waals surface area contributed by atoms with Gasteiger partial charge in [-0.05, 0) is 36.6 Å². The van der Waals surface area contributed by atoms with Gasteiger partial charge >= 0.3 is 0 Å². The molecule has 1 heterocycles. The highest BCUT2D eigenvalue weighted by Gasteiger charge is 2.08. The Morgan fingerprint density at radius 3 is 2.67 bits per heavy atom. The zero-order chi connectivity index (χ0) is 13.3. The molecule has 0 aliphatic heterocycles. The van der Waals surface area contributed by atoms with E-state index in [1.807, 2.05) is 13.0 Å². The predicted octanol–water partition coefficient (Wildman–Crippen LogP) is 4.38. The second kappa shape index (κ2) is 4.98. The SMILES string of the molecule is Cc1ccc(F)cc1-c1nc(=S)cc(C(C)C)[nH]1. The van der Waals surface area contributed by atoms with Crippen molar-refractivity contribution in [1.82, 2.24) is 9.97 Å². The van der Waals surface area contributed by atoms with Crippen LogP contribution in [-0.4, -0.2) is 9.97 Å². The van der Waals surface area contributed by atoms with Crippen LogP contribution in [0, 0.1) is 17.4 Å². The molecule has 0 saturated carbocycles. The quantitative estimate of drug-likeness (QED) is 0.814. The lowest BCUT2D eigenvalue weighted by Gasteiger charge is -2.10. The Bertz CT molecular complexity index is 632. The van der Waals surface area contributed by atoms with Crippen LogP contribution in [0.3, 0.4) is 0 Å². The van der Waals surface area contributed by atoms with Crippen LogP contribution in [0.5, 0.6) is 0 Å². The number of benzene rings is 1. The number of nitrogens with zero attached hydrogens (tertiary/aromatic N) is 1. The molecule has 1 N–H and O–H groups in total. The first-order chi connectivity index (χ1) is 8.47. The number of nitrogens with one attached hydrogen (secondary N) is 1. The molecule has 0 atom stereocenters. The van der Waals surface area contributed by atoms with E-state index in [4.69, 9.17) is 12.2 Å². The number of aromatic amines is 1. The van der Waals surface area contributed by atoms with Gasteiger partial charge in [-0.1, -0.05) is 32.1 Å². The van der Waals surface area contributed by atoms with Gasteiger partial charge in [-0.25, -0.2) is 9.37 Å². The fraction of sp³-hybridized carbons (Fsp3) is 0.286. The minimum Gasteiger partial charge on any atom is -0.343 e. The molecule has 94 valence electrons. The van der Waals surface area contributed by atoms with Crippen molar-refractivity contribution in [3.8, 4) is 11.4 Å².